The van der Waals surface area contributed by atoms with Gasteiger partial charge in [0.05, 0.1) is 5.56 Å². The van der Waals surface area contributed by atoms with Crippen LogP contribution in [0.15, 0.2) is 24.5 Å². The van der Waals surface area contributed by atoms with Crippen LogP contribution in [0.1, 0.15) is 54.4 Å². The Morgan fingerprint density at radius 3 is 2.53 bits per heavy atom. The van der Waals surface area contributed by atoms with E-state index in [-0.39, 0.29) is 12.0 Å². The minimum absolute atomic E-state index is 0.164. The van der Waals surface area contributed by atoms with Gasteiger partial charge >= 0.3 is 6.09 Å². The largest absolute Gasteiger partial charge is 0.444 e. The summed E-state index contributed by atoms with van der Waals surface area (Å²) in [6, 6.07) is 4.02. The van der Waals surface area contributed by atoms with Crippen LogP contribution in [0.25, 0.3) is 5.00 Å². The van der Waals surface area contributed by atoms with Crippen molar-refractivity contribution in [2.24, 2.45) is 5.92 Å². The van der Waals surface area contributed by atoms with E-state index < -0.39 is 5.60 Å². The molecule has 0 aliphatic carbocycles. The van der Waals surface area contributed by atoms with Gasteiger partial charge in [-0.05, 0) is 69.4 Å². The van der Waals surface area contributed by atoms with Crippen LogP contribution in [0.2, 0.25) is 0 Å². The normalized spacial score (nSPS) is 17.2. The molecule has 0 radical (unpaired) electrons. The fourth-order valence-electron chi connectivity index (χ4n) is 4.37. The van der Waals surface area contributed by atoms with Crippen LogP contribution < -0.4 is 0 Å². The van der Waals surface area contributed by atoms with Crippen molar-refractivity contribution in [3.8, 4) is 5.00 Å². The Kier molecular flexibility index (Phi) is 6.91. The second-order valence-corrected chi connectivity index (χ2v) is 11.9. The number of aromatic nitrogens is 1. The van der Waals surface area contributed by atoms with Crippen LogP contribution in [0, 0.1) is 5.92 Å². The van der Waals surface area contributed by atoms with Gasteiger partial charge in [-0.3, -0.25) is 4.79 Å². The lowest BCUT2D eigenvalue weighted by atomic mass is 9.95. The molecule has 0 atom stereocenters. The predicted octanol–water partition coefficient (Wildman–Crippen LogP) is 5.05. The van der Waals surface area contributed by atoms with Gasteiger partial charge in [0, 0.05) is 49.7 Å². The molecule has 0 saturated carbocycles. The highest BCUT2D eigenvalue weighted by molar-refractivity contribution is 7.98. The molecule has 8 heteroatoms. The van der Waals surface area contributed by atoms with Crippen LogP contribution in [0.4, 0.5) is 4.79 Å². The van der Waals surface area contributed by atoms with E-state index in [4.69, 9.17) is 4.74 Å². The maximum atomic E-state index is 13.7. The average Bonchev–Trinajstić information content (AvgIpc) is 3.40. The van der Waals surface area contributed by atoms with Gasteiger partial charge in [-0.1, -0.05) is 0 Å². The van der Waals surface area contributed by atoms with Crippen LogP contribution in [0.3, 0.4) is 0 Å². The number of carbonyl (C=O) groups is 2. The molecule has 2 aromatic heterocycles. The molecule has 2 aliphatic rings. The predicted molar refractivity (Wildman–Crippen MR) is 131 cm³/mol. The standard InChI is InChI=1S/C24H33N3O3S2/c1-24(2,3)30-23(29)25(4)15-17-7-12-26(13-8-17)21(28)20-18-9-14-31-16-19(18)32-22(20)27-10-5-6-11-27/h5-6,10-11,17H,7-9,12-16H2,1-4H3. The molecule has 0 spiro atoms. The van der Waals surface area contributed by atoms with E-state index in [1.807, 2.05) is 62.0 Å². The molecular weight excluding hydrogens is 442 g/mol. The summed E-state index contributed by atoms with van der Waals surface area (Å²) in [4.78, 5) is 31.0. The second kappa shape index (κ2) is 9.51. The van der Waals surface area contributed by atoms with Gasteiger partial charge in [0.15, 0.2) is 0 Å². The van der Waals surface area contributed by atoms with E-state index >= 15 is 0 Å². The van der Waals surface area contributed by atoms with Crippen molar-refractivity contribution >= 4 is 35.1 Å². The Morgan fingerprint density at radius 1 is 1.19 bits per heavy atom. The first-order chi connectivity index (χ1) is 15.2. The maximum absolute atomic E-state index is 13.7. The number of rotatable bonds is 4. The van der Waals surface area contributed by atoms with Crippen molar-refractivity contribution < 1.29 is 14.3 Å². The smallest absolute Gasteiger partial charge is 0.410 e. The highest BCUT2D eigenvalue weighted by Crippen LogP contribution is 2.39. The van der Waals surface area contributed by atoms with Gasteiger partial charge in [-0.25, -0.2) is 4.79 Å². The summed E-state index contributed by atoms with van der Waals surface area (Å²) in [5, 5.41) is 1.05. The number of ether oxygens (including phenoxy) is 1. The number of amides is 2. The Hall–Kier alpha value is -1.93. The molecule has 1 fully saturated rings. The van der Waals surface area contributed by atoms with Crippen LogP contribution in [0.5, 0.6) is 0 Å². The summed E-state index contributed by atoms with van der Waals surface area (Å²) in [5.41, 5.74) is 1.68. The molecule has 32 heavy (non-hydrogen) atoms. The number of hydrogen-bond acceptors (Lipinski definition) is 5. The molecule has 4 rings (SSSR count). The van der Waals surface area contributed by atoms with E-state index in [0.29, 0.717) is 12.5 Å². The zero-order valence-electron chi connectivity index (χ0n) is 19.4. The monoisotopic (exact) mass is 475 g/mol. The third-order valence-corrected chi connectivity index (χ3v) is 8.41. The van der Waals surface area contributed by atoms with Crippen molar-refractivity contribution in [3.63, 3.8) is 0 Å². The van der Waals surface area contributed by atoms with E-state index in [1.165, 1.54) is 10.4 Å². The lowest BCUT2D eigenvalue weighted by Gasteiger charge is -2.34. The first-order valence-electron chi connectivity index (χ1n) is 11.3. The summed E-state index contributed by atoms with van der Waals surface area (Å²) < 4.78 is 7.56. The first-order valence-corrected chi connectivity index (χ1v) is 13.3. The quantitative estimate of drug-likeness (QED) is 0.621. The molecule has 0 unspecified atom stereocenters. The Morgan fingerprint density at radius 2 is 1.88 bits per heavy atom. The van der Waals surface area contributed by atoms with Gasteiger partial charge in [0.25, 0.3) is 5.91 Å². The molecule has 0 aromatic carbocycles. The third kappa shape index (κ3) is 5.17. The molecule has 2 aliphatic heterocycles. The van der Waals surface area contributed by atoms with Crippen molar-refractivity contribution in [1.82, 2.24) is 14.4 Å². The molecule has 2 amide bonds. The topological polar surface area (TPSA) is 54.8 Å². The molecule has 0 bridgehead atoms. The first kappa shape index (κ1) is 23.2. The number of likely N-dealkylation sites (tertiary alicyclic amines) is 1. The van der Waals surface area contributed by atoms with Crippen molar-refractivity contribution in [2.45, 2.75) is 51.4 Å². The summed E-state index contributed by atoms with van der Waals surface area (Å²) in [5.74, 6) is 2.62. The van der Waals surface area contributed by atoms with Gasteiger partial charge in [-0.15, -0.1) is 11.3 Å². The van der Waals surface area contributed by atoms with Crippen molar-refractivity contribution in [2.75, 3.05) is 32.4 Å². The van der Waals surface area contributed by atoms with Crippen molar-refractivity contribution in [3.05, 3.63) is 40.5 Å². The van der Waals surface area contributed by atoms with E-state index in [9.17, 15) is 9.59 Å². The Balaban J connectivity index is 1.42. The molecular formula is C24H33N3O3S2. The fraction of sp³-hybridized carbons (Fsp3) is 0.583. The molecule has 1 saturated heterocycles. The van der Waals surface area contributed by atoms with E-state index in [1.54, 1.807) is 23.3 Å². The van der Waals surface area contributed by atoms with E-state index in [0.717, 1.165) is 54.4 Å². The summed E-state index contributed by atoms with van der Waals surface area (Å²) >= 11 is 3.71. The number of thiophene rings is 1. The highest BCUT2D eigenvalue weighted by atomic mass is 32.2. The van der Waals surface area contributed by atoms with Crippen LogP contribution >= 0.6 is 23.1 Å². The van der Waals surface area contributed by atoms with Crippen LogP contribution in [-0.2, 0) is 16.9 Å². The zero-order valence-corrected chi connectivity index (χ0v) is 21.1. The SMILES string of the molecule is CN(CC1CCN(C(=O)c2c(-n3cccc3)sc3c2CCSC3)CC1)C(=O)OC(C)(C)C. The van der Waals surface area contributed by atoms with Gasteiger partial charge in [0.2, 0.25) is 0 Å². The van der Waals surface area contributed by atoms with Gasteiger partial charge in [0.1, 0.15) is 10.6 Å². The average molecular weight is 476 g/mol. The minimum Gasteiger partial charge on any atom is -0.444 e. The number of piperidine rings is 1. The zero-order chi connectivity index (χ0) is 22.9. The molecule has 6 nitrogen and oxygen atoms in total. The number of thioether (sulfide) groups is 1. The molecule has 2 aromatic rings. The number of hydrogen-bond donors (Lipinski definition) is 0. The lowest BCUT2D eigenvalue weighted by molar-refractivity contribution is 0.0246. The number of nitrogens with zero attached hydrogens (tertiary/aromatic N) is 3. The lowest BCUT2D eigenvalue weighted by Crippen LogP contribution is -2.43. The fourth-order valence-corrected chi connectivity index (χ4v) is 6.81. The Bertz CT molecular complexity index is 954. The summed E-state index contributed by atoms with van der Waals surface area (Å²) in [6.45, 7) is 7.77. The molecule has 174 valence electrons. The Labute approximate surface area is 198 Å². The summed E-state index contributed by atoms with van der Waals surface area (Å²) in [6.07, 6.45) is 6.55. The molecule has 4 heterocycles. The van der Waals surface area contributed by atoms with Gasteiger partial charge < -0.3 is 19.1 Å². The number of fused-ring (bicyclic) bond motifs is 1. The highest BCUT2D eigenvalue weighted by Gasteiger charge is 2.32. The second-order valence-electron chi connectivity index (χ2n) is 9.67. The van der Waals surface area contributed by atoms with E-state index in [2.05, 4.69) is 4.57 Å². The maximum Gasteiger partial charge on any atom is 0.410 e. The van der Waals surface area contributed by atoms with Gasteiger partial charge in [-0.2, -0.15) is 11.8 Å². The number of carbonyl (C=O) groups excluding carboxylic acids is 2. The summed E-state index contributed by atoms with van der Waals surface area (Å²) in [7, 11) is 1.80. The molecule has 0 N–H and O–H groups in total. The third-order valence-electron chi connectivity index (χ3n) is 5.99. The van der Waals surface area contributed by atoms with Crippen molar-refractivity contribution in [1.29, 1.82) is 0 Å². The minimum atomic E-state index is -0.489. The van der Waals surface area contributed by atoms with Crippen LogP contribution in [-0.4, -0.2) is 64.4 Å².